The lowest BCUT2D eigenvalue weighted by molar-refractivity contribution is -0.137. The maximum Gasteiger partial charge on any atom is 0.416 e. The van der Waals surface area contributed by atoms with Gasteiger partial charge in [-0.15, -0.1) is 0 Å². The largest absolute Gasteiger partial charge is 0.452 e. The molecule has 11 heteroatoms. The number of alkyl halides is 3. The highest BCUT2D eigenvalue weighted by atomic mass is 19.4. The standard InChI is InChI=1S/C21H31F3N4O3.CH2O/c1-14(2)9-11-28-17(19(30)25-3)18(27(4)10-6-12-29)26-20(28)31-16-8-5-7-15(13-16)21(22,23)24;1-2/h5,7-8,13-14,20,26,29H,6,9-12H2,1-4H3,(H,25,30);1H2. The Bertz CT molecular complexity index is 802. The number of benzene rings is 1. The molecule has 1 heterocycles. The number of rotatable bonds is 10. The number of nitrogens with one attached hydrogen (secondary N) is 2. The summed E-state index contributed by atoms with van der Waals surface area (Å²) < 4.78 is 45.2. The van der Waals surface area contributed by atoms with Gasteiger partial charge in [0.2, 0.25) is 0 Å². The molecule has 1 aliphatic rings. The molecule has 0 saturated carbocycles. The molecule has 0 fully saturated rings. The highest BCUT2D eigenvalue weighted by molar-refractivity contribution is 5.93. The van der Waals surface area contributed by atoms with Crippen LogP contribution in [-0.4, -0.2) is 67.7 Å². The fourth-order valence-electron chi connectivity index (χ4n) is 3.18. The van der Waals surface area contributed by atoms with Crippen molar-refractivity contribution in [2.75, 3.05) is 33.8 Å². The molecule has 0 radical (unpaired) electrons. The Kier molecular flexibility index (Phi) is 11.0. The van der Waals surface area contributed by atoms with Crippen molar-refractivity contribution in [1.29, 1.82) is 0 Å². The molecule has 3 N–H and O–H groups in total. The second kappa shape index (κ2) is 12.9. The summed E-state index contributed by atoms with van der Waals surface area (Å²) in [6.07, 6.45) is -4.10. The number of nitrogens with zero attached hydrogens (tertiary/aromatic N) is 2. The topological polar surface area (TPSA) is 94.1 Å². The predicted molar refractivity (Wildman–Crippen MR) is 118 cm³/mol. The van der Waals surface area contributed by atoms with Gasteiger partial charge in [-0.2, -0.15) is 13.2 Å². The Morgan fingerprint density at radius 3 is 2.58 bits per heavy atom. The first-order valence-corrected chi connectivity index (χ1v) is 10.5. The van der Waals surface area contributed by atoms with Crippen molar-refractivity contribution < 1.29 is 32.6 Å². The molecule has 33 heavy (non-hydrogen) atoms. The minimum absolute atomic E-state index is 0.00580. The average molecular weight is 475 g/mol. The monoisotopic (exact) mass is 474 g/mol. The van der Waals surface area contributed by atoms with Gasteiger partial charge >= 0.3 is 6.18 Å². The maximum absolute atomic E-state index is 13.1. The molecule has 1 amide bonds. The van der Waals surface area contributed by atoms with Gasteiger partial charge in [-0.1, -0.05) is 19.9 Å². The number of aliphatic hydroxyl groups excluding tert-OH is 1. The van der Waals surface area contributed by atoms with Gasteiger partial charge in [-0.05, 0) is 37.0 Å². The fraction of sp³-hybridized carbons (Fsp3) is 0.545. The van der Waals surface area contributed by atoms with Crippen molar-refractivity contribution in [2.24, 2.45) is 5.92 Å². The van der Waals surface area contributed by atoms with E-state index in [1.807, 2.05) is 20.6 Å². The van der Waals surface area contributed by atoms with Crippen molar-refractivity contribution in [2.45, 2.75) is 39.2 Å². The van der Waals surface area contributed by atoms with Gasteiger partial charge in [0.15, 0.2) is 0 Å². The van der Waals surface area contributed by atoms with Crippen LogP contribution in [0, 0.1) is 5.92 Å². The summed E-state index contributed by atoms with van der Waals surface area (Å²) in [5, 5.41) is 14.9. The third-order valence-corrected chi connectivity index (χ3v) is 4.89. The molecule has 1 aliphatic heterocycles. The summed E-state index contributed by atoms with van der Waals surface area (Å²) in [5.41, 5.74) is -0.461. The van der Waals surface area contributed by atoms with Crippen LogP contribution in [0.25, 0.3) is 0 Å². The fourth-order valence-corrected chi connectivity index (χ4v) is 3.18. The van der Waals surface area contributed by atoms with Gasteiger partial charge in [-0.25, -0.2) is 0 Å². The first-order chi connectivity index (χ1) is 15.6. The van der Waals surface area contributed by atoms with Crippen molar-refractivity contribution in [3.05, 3.63) is 41.3 Å². The van der Waals surface area contributed by atoms with E-state index in [4.69, 9.17) is 14.6 Å². The number of aliphatic hydroxyl groups is 1. The van der Waals surface area contributed by atoms with E-state index < -0.39 is 18.1 Å². The maximum atomic E-state index is 13.1. The zero-order chi connectivity index (χ0) is 25.2. The molecule has 1 unspecified atom stereocenters. The van der Waals surface area contributed by atoms with E-state index in [1.165, 1.54) is 19.2 Å². The van der Waals surface area contributed by atoms with Gasteiger partial charge in [0, 0.05) is 33.8 Å². The van der Waals surface area contributed by atoms with E-state index in [2.05, 4.69) is 10.6 Å². The molecule has 1 atom stereocenters. The van der Waals surface area contributed by atoms with Crippen LogP contribution >= 0.6 is 0 Å². The Hall–Kier alpha value is -2.95. The van der Waals surface area contributed by atoms with Gasteiger partial charge < -0.3 is 35.1 Å². The molecule has 0 saturated heterocycles. The second-order valence-electron chi connectivity index (χ2n) is 7.79. The minimum atomic E-state index is -4.49. The quantitative estimate of drug-likeness (QED) is 0.479. The first-order valence-electron chi connectivity index (χ1n) is 10.5. The van der Waals surface area contributed by atoms with E-state index in [1.54, 1.807) is 16.8 Å². The van der Waals surface area contributed by atoms with E-state index in [-0.39, 0.29) is 18.3 Å². The van der Waals surface area contributed by atoms with E-state index >= 15 is 0 Å². The normalized spacial score (nSPS) is 15.7. The molecule has 8 nitrogen and oxygen atoms in total. The summed E-state index contributed by atoms with van der Waals surface area (Å²) in [5.74, 6) is 0.541. The highest BCUT2D eigenvalue weighted by Crippen LogP contribution is 2.32. The number of carbonyl (C=O) groups excluding carboxylic acids is 2. The third-order valence-electron chi connectivity index (χ3n) is 4.89. The van der Waals surface area contributed by atoms with E-state index in [9.17, 15) is 18.0 Å². The van der Waals surface area contributed by atoms with Crippen LogP contribution in [0.15, 0.2) is 35.8 Å². The zero-order valence-electron chi connectivity index (χ0n) is 19.4. The van der Waals surface area contributed by atoms with Crippen molar-refractivity contribution in [3.8, 4) is 5.75 Å². The van der Waals surface area contributed by atoms with Gasteiger partial charge in [-0.3, -0.25) is 4.79 Å². The second-order valence-corrected chi connectivity index (χ2v) is 7.79. The molecule has 0 bridgehead atoms. The number of likely N-dealkylation sites (N-methyl/N-ethyl adjacent to an activating group) is 1. The minimum Gasteiger partial charge on any atom is -0.452 e. The van der Waals surface area contributed by atoms with Crippen LogP contribution in [0.1, 0.15) is 32.3 Å². The van der Waals surface area contributed by atoms with Crippen LogP contribution in [0.5, 0.6) is 5.75 Å². The summed E-state index contributed by atoms with van der Waals surface area (Å²) in [6.45, 7) is 7.03. The number of hydrogen-bond donors (Lipinski definition) is 3. The number of ether oxygens (including phenoxy) is 1. The molecular formula is C22H33F3N4O4. The summed E-state index contributed by atoms with van der Waals surface area (Å²) >= 11 is 0. The lowest BCUT2D eigenvalue weighted by atomic mass is 10.1. The lowest BCUT2D eigenvalue weighted by Crippen LogP contribution is -2.45. The van der Waals surface area contributed by atoms with Crippen molar-refractivity contribution in [1.82, 2.24) is 20.4 Å². The Morgan fingerprint density at radius 2 is 2.03 bits per heavy atom. The molecule has 0 aliphatic carbocycles. The molecule has 186 valence electrons. The van der Waals surface area contributed by atoms with Gasteiger partial charge in [0.25, 0.3) is 12.3 Å². The molecule has 1 aromatic rings. The van der Waals surface area contributed by atoms with Gasteiger partial charge in [0.05, 0.1) is 5.56 Å². The number of hydrogen-bond acceptors (Lipinski definition) is 7. The van der Waals surface area contributed by atoms with Crippen molar-refractivity contribution in [3.63, 3.8) is 0 Å². The van der Waals surface area contributed by atoms with Crippen molar-refractivity contribution >= 4 is 12.7 Å². The predicted octanol–water partition coefficient (Wildman–Crippen LogP) is 2.36. The Balaban J connectivity index is 0.00000265. The van der Waals surface area contributed by atoms with Crippen LogP contribution in [0.4, 0.5) is 13.2 Å². The number of amides is 1. The molecule has 2 rings (SSSR count). The lowest BCUT2D eigenvalue weighted by Gasteiger charge is -2.29. The SMILES string of the molecule is C=O.CNC(=O)C1=C(N(C)CCCO)NC(Oc2cccc(C(F)(F)F)c2)N1CCC(C)C. The van der Waals surface area contributed by atoms with Crippen LogP contribution in [0.3, 0.4) is 0 Å². The first kappa shape index (κ1) is 28.1. The third kappa shape index (κ3) is 7.85. The van der Waals surface area contributed by atoms with E-state index in [0.717, 1.165) is 18.6 Å². The summed E-state index contributed by atoms with van der Waals surface area (Å²) in [7, 11) is 3.29. The molecule has 1 aromatic carbocycles. The van der Waals surface area contributed by atoms with Gasteiger partial charge in [0.1, 0.15) is 24.1 Å². The molecule has 0 spiro atoms. The Morgan fingerprint density at radius 1 is 1.36 bits per heavy atom. The summed E-state index contributed by atoms with van der Waals surface area (Å²) in [6, 6.07) is 4.65. The zero-order valence-corrected chi connectivity index (χ0v) is 19.4. The smallest absolute Gasteiger partial charge is 0.416 e. The highest BCUT2D eigenvalue weighted by Gasteiger charge is 2.38. The Labute approximate surface area is 192 Å². The summed E-state index contributed by atoms with van der Waals surface area (Å²) in [4.78, 5) is 24.2. The average Bonchev–Trinajstić information content (AvgIpc) is 3.14. The van der Waals surface area contributed by atoms with E-state index in [0.29, 0.717) is 36.9 Å². The van der Waals surface area contributed by atoms with Crippen LogP contribution in [-0.2, 0) is 15.8 Å². The number of halogens is 3. The van der Waals surface area contributed by atoms with Crippen LogP contribution < -0.4 is 15.4 Å². The van der Waals surface area contributed by atoms with Crippen LogP contribution in [0.2, 0.25) is 0 Å². The molecule has 0 aromatic heterocycles. The molecular weight excluding hydrogens is 441 g/mol. The number of carbonyl (C=O) groups is 2.